The molecule has 38 heavy (non-hydrogen) atoms. The smallest absolute Gasteiger partial charge is 0.123 e. The van der Waals surface area contributed by atoms with Crippen LogP contribution in [0.3, 0.4) is 0 Å². The average molecular weight is 505 g/mol. The first-order valence-electron chi connectivity index (χ1n) is 12.1. The van der Waals surface area contributed by atoms with Gasteiger partial charge in [-0.1, -0.05) is 71.1 Å². The highest BCUT2D eigenvalue weighted by Crippen LogP contribution is 2.37. The number of hydrogen-bond acceptors (Lipinski definition) is 4. The van der Waals surface area contributed by atoms with Gasteiger partial charge in [-0.3, -0.25) is 0 Å². The molecule has 0 fully saturated rings. The van der Waals surface area contributed by atoms with Gasteiger partial charge in [0.2, 0.25) is 0 Å². The Morgan fingerprint density at radius 3 is 1.21 bits per heavy atom. The van der Waals surface area contributed by atoms with Crippen LogP contribution >= 0.6 is 0 Å². The van der Waals surface area contributed by atoms with E-state index in [1.54, 1.807) is 33.6 Å². The van der Waals surface area contributed by atoms with E-state index in [2.05, 4.69) is 20.6 Å². The van der Waals surface area contributed by atoms with E-state index in [0.29, 0.717) is 47.0 Å². The van der Waals surface area contributed by atoms with Crippen molar-refractivity contribution in [1.29, 1.82) is 0 Å². The predicted molar refractivity (Wildman–Crippen MR) is 141 cm³/mol. The predicted octanol–water partition coefficient (Wildman–Crippen LogP) is 6.25. The van der Waals surface area contributed by atoms with Crippen LogP contribution in [0.25, 0.3) is 33.9 Å². The lowest BCUT2D eigenvalue weighted by Gasteiger charge is -2.13. The van der Waals surface area contributed by atoms with Crippen molar-refractivity contribution in [2.75, 3.05) is 0 Å². The van der Waals surface area contributed by atoms with Crippen LogP contribution < -0.4 is 0 Å². The van der Waals surface area contributed by atoms with Crippen LogP contribution in [-0.2, 0) is 13.1 Å². The van der Waals surface area contributed by atoms with Gasteiger partial charge in [0.15, 0.2) is 0 Å². The first-order valence-corrected chi connectivity index (χ1v) is 12.1. The summed E-state index contributed by atoms with van der Waals surface area (Å²) in [5, 5.41) is 18.1. The van der Waals surface area contributed by atoms with E-state index in [1.165, 1.54) is 24.3 Å². The fraction of sp³-hybridized carbons (Fsp3) is 0.0667. The van der Waals surface area contributed by atoms with Gasteiger partial charge in [0.05, 0.1) is 13.1 Å². The summed E-state index contributed by atoms with van der Waals surface area (Å²) < 4.78 is 31.2. The summed E-state index contributed by atoms with van der Waals surface area (Å²) in [7, 11) is 0. The minimum atomic E-state index is -0.338. The third-order valence-electron chi connectivity index (χ3n) is 6.28. The maximum Gasteiger partial charge on any atom is 0.123 e. The van der Waals surface area contributed by atoms with Crippen LogP contribution in [0.4, 0.5) is 8.78 Å². The second-order valence-electron chi connectivity index (χ2n) is 8.87. The summed E-state index contributed by atoms with van der Waals surface area (Å²) >= 11 is 0. The van der Waals surface area contributed by atoms with E-state index < -0.39 is 0 Å². The van der Waals surface area contributed by atoms with Gasteiger partial charge in [-0.2, -0.15) is 0 Å². The number of rotatable bonds is 7. The summed E-state index contributed by atoms with van der Waals surface area (Å²) in [5.41, 5.74) is 5.99. The van der Waals surface area contributed by atoms with E-state index in [9.17, 15) is 8.78 Å². The topological polar surface area (TPSA) is 61.4 Å². The minimum Gasteiger partial charge on any atom is -0.238 e. The van der Waals surface area contributed by atoms with Crippen LogP contribution in [0.2, 0.25) is 0 Å². The fourth-order valence-corrected chi connectivity index (χ4v) is 4.43. The molecule has 186 valence electrons. The second kappa shape index (κ2) is 10.2. The van der Waals surface area contributed by atoms with E-state index >= 15 is 0 Å². The Morgan fingerprint density at radius 1 is 0.474 bits per heavy atom. The molecule has 0 aliphatic rings. The van der Waals surface area contributed by atoms with Crippen molar-refractivity contribution in [1.82, 2.24) is 30.0 Å². The Kier molecular flexibility index (Phi) is 6.27. The number of halogens is 2. The van der Waals surface area contributed by atoms with Crippen molar-refractivity contribution >= 4 is 0 Å². The first kappa shape index (κ1) is 23.4. The molecule has 0 saturated carbocycles. The summed E-state index contributed by atoms with van der Waals surface area (Å²) in [6.45, 7) is 0.896. The minimum absolute atomic E-state index is 0.338. The Balaban J connectivity index is 1.58. The Hall–Kier alpha value is -4.98. The van der Waals surface area contributed by atoms with Crippen molar-refractivity contribution in [3.63, 3.8) is 0 Å². The molecule has 0 amide bonds. The quantitative estimate of drug-likeness (QED) is 0.258. The molecule has 0 aliphatic heterocycles. The lowest BCUT2D eigenvalue weighted by atomic mass is 10.0. The zero-order valence-electron chi connectivity index (χ0n) is 20.2. The lowest BCUT2D eigenvalue weighted by Crippen LogP contribution is -2.10. The largest absolute Gasteiger partial charge is 0.238 e. The molecule has 0 bridgehead atoms. The lowest BCUT2D eigenvalue weighted by molar-refractivity contribution is 0.627. The van der Waals surface area contributed by atoms with Crippen LogP contribution in [0.5, 0.6) is 0 Å². The summed E-state index contributed by atoms with van der Waals surface area (Å²) in [6.07, 6.45) is 0. The number of benzene rings is 4. The number of nitrogens with zero attached hydrogens (tertiary/aromatic N) is 6. The SMILES string of the molecule is Fc1ccc(-c2nnn(Cc3ccccc3)c2-c2c(-c3ccc(F)cc3)nnn2Cc2ccccc2)cc1. The van der Waals surface area contributed by atoms with E-state index in [0.717, 1.165) is 11.1 Å². The summed E-state index contributed by atoms with van der Waals surface area (Å²) in [6, 6.07) is 32.2. The fourth-order valence-electron chi connectivity index (χ4n) is 4.43. The molecular weight excluding hydrogens is 482 g/mol. The van der Waals surface area contributed by atoms with E-state index in [-0.39, 0.29) is 11.6 Å². The zero-order valence-corrected chi connectivity index (χ0v) is 20.2. The van der Waals surface area contributed by atoms with Gasteiger partial charge in [-0.25, -0.2) is 18.1 Å². The number of aromatic nitrogens is 6. The highest BCUT2D eigenvalue weighted by Gasteiger charge is 2.26. The molecule has 6 rings (SSSR count). The van der Waals surface area contributed by atoms with Crippen LogP contribution in [-0.4, -0.2) is 30.0 Å². The monoisotopic (exact) mass is 504 g/mol. The molecule has 2 aromatic heterocycles. The molecule has 0 N–H and O–H groups in total. The van der Waals surface area contributed by atoms with Crippen molar-refractivity contribution in [2.45, 2.75) is 13.1 Å². The van der Waals surface area contributed by atoms with Gasteiger partial charge in [-0.15, -0.1) is 10.2 Å². The molecule has 0 saturated heterocycles. The first-order chi connectivity index (χ1) is 18.7. The van der Waals surface area contributed by atoms with Gasteiger partial charge < -0.3 is 0 Å². The summed E-state index contributed by atoms with van der Waals surface area (Å²) in [5.74, 6) is -0.676. The molecule has 6 nitrogen and oxygen atoms in total. The Labute approximate surface area is 217 Å². The molecule has 6 aromatic rings. The van der Waals surface area contributed by atoms with E-state index in [4.69, 9.17) is 0 Å². The van der Waals surface area contributed by atoms with Gasteiger partial charge >= 0.3 is 0 Å². The highest BCUT2D eigenvalue weighted by molar-refractivity contribution is 5.84. The van der Waals surface area contributed by atoms with Crippen molar-refractivity contribution < 1.29 is 8.78 Å². The molecule has 8 heteroatoms. The van der Waals surface area contributed by atoms with Gasteiger partial charge in [0.1, 0.15) is 34.4 Å². The van der Waals surface area contributed by atoms with Gasteiger partial charge in [-0.05, 0) is 59.7 Å². The second-order valence-corrected chi connectivity index (χ2v) is 8.87. The number of hydrogen-bond donors (Lipinski definition) is 0. The standard InChI is InChI=1S/C30H22F2N6/c31-25-15-11-23(12-16-25)27-29(37(35-33-27)19-21-7-3-1-4-8-21)30-28(24-13-17-26(32)18-14-24)34-36-38(30)20-22-9-5-2-6-10-22/h1-18H,19-20H2. The van der Waals surface area contributed by atoms with Gasteiger partial charge in [0.25, 0.3) is 0 Å². The maximum absolute atomic E-state index is 13.8. The molecule has 0 aliphatic carbocycles. The average Bonchev–Trinajstić information content (AvgIpc) is 3.54. The normalized spacial score (nSPS) is 11.1. The van der Waals surface area contributed by atoms with Crippen LogP contribution in [0.15, 0.2) is 109 Å². The Morgan fingerprint density at radius 2 is 0.842 bits per heavy atom. The third kappa shape index (κ3) is 4.71. The Bertz CT molecular complexity index is 1530. The zero-order chi connectivity index (χ0) is 25.9. The highest BCUT2D eigenvalue weighted by atomic mass is 19.1. The van der Waals surface area contributed by atoms with Crippen molar-refractivity contribution in [3.05, 3.63) is 132 Å². The molecule has 0 unspecified atom stereocenters. The van der Waals surface area contributed by atoms with E-state index in [1.807, 2.05) is 60.7 Å². The maximum atomic E-state index is 13.8. The van der Waals surface area contributed by atoms with Crippen LogP contribution in [0, 0.1) is 11.6 Å². The van der Waals surface area contributed by atoms with Crippen LogP contribution in [0.1, 0.15) is 11.1 Å². The summed E-state index contributed by atoms with van der Waals surface area (Å²) in [4.78, 5) is 0. The molecule has 0 atom stereocenters. The van der Waals surface area contributed by atoms with Gasteiger partial charge in [0, 0.05) is 11.1 Å². The van der Waals surface area contributed by atoms with Crippen molar-refractivity contribution in [2.24, 2.45) is 0 Å². The molecule has 2 heterocycles. The third-order valence-corrected chi connectivity index (χ3v) is 6.28. The molecular formula is C30H22F2N6. The van der Waals surface area contributed by atoms with Crippen molar-refractivity contribution in [3.8, 4) is 33.9 Å². The molecule has 4 aromatic carbocycles. The molecule has 0 spiro atoms. The molecule has 0 radical (unpaired) electrons.